The Balaban J connectivity index is 1.82. The third-order valence-corrected chi connectivity index (χ3v) is 3.93. The summed E-state index contributed by atoms with van der Waals surface area (Å²) in [4.78, 5) is 0. The second-order valence-electron chi connectivity index (χ2n) is 5.10. The molecule has 1 unspecified atom stereocenters. The molecule has 90 valence electrons. The van der Waals surface area contributed by atoms with Gasteiger partial charge in [-0.2, -0.15) is 5.10 Å². The van der Waals surface area contributed by atoms with Crippen LogP contribution >= 0.6 is 0 Å². The van der Waals surface area contributed by atoms with Crippen molar-refractivity contribution in [1.82, 2.24) is 9.78 Å². The van der Waals surface area contributed by atoms with E-state index in [-0.39, 0.29) is 0 Å². The van der Waals surface area contributed by atoms with Gasteiger partial charge in [0, 0.05) is 13.2 Å². The highest BCUT2D eigenvalue weighted by molar-refractivity contribution is 5.03. The highest BCUT2D eigenvalue weighted by Gasteiger charge is 2.23. The molecule has 2 rings (SSSR count). The summed E-state index contributed by atoms with van der Waals surface area (Å²) in [5.41, 5.74) is 7.25. The third-order valence-electron chi connectivity index (χ3n) is 3.93. The monoisotopic (exact) mass is 221 g/mol. The molecular formula is C13H23N3. The molecule has 16 heavy (non-hydrogen) atoms. The Bertz CT molecular complexity index is 313. The standard InChI is InChI=1S/C13H23N3/c1-16-10-11(9-15-16)6-7-13(8-14)12-4-2-3-5-12/h9-10,12-13H,2-8,14H2,1H3. The van der Waals surface area contributed by atoms with Crippen LogP contribution in [0.4, 0.5) is 0 Å². The Morgan fingerprint density at radius 1 is 1.50 bits per heavy atom. The van der Waals surface area contributed by atoms with E-state index in [1.165, 1.54) is 37.7 Å². The van der Waals surface area contributed by atoms with Crippen molar-refractivity contribution in [2.45, 2.75) is 38.5 Å². The summed E-state index contributed by atoms with van der Waals surface area (Å²) >= 11 is 0. The molecule has 1 saturated carbocycles. The Hall–Kier alpha value is -0.830. The van der Waals surface area contributed by atoms with E-state index in [0.29, 0.717) is 0 Å². The molecule has 1 aliphatic carbocycles. The van der Waals surface area contributed by atoms with Crippen LogP contribution in [0.25, 0.3) is 0 Å². The lowest BCUT2D eigenvalue weighted by Gasteiger charge is -2.21. The van der Waals surface area contributed by atoms with Crippen molar-refractivity contribution < 1.29 is 0 Å². The SMILES string of the molecule is Cn1cc(CCC(CN)C2CCCC2)cn1. The predicted molar refractivity (Wildman–Crippen MR) is 66.0 cm³/mol. The maximum atomic E-state index is 5.90. The topological polar surface area (TPSA) is 43.8 Å². The van der Waals surface area contributed by atoms with Gasteiger partial charge in [0.1, 0.15) is 0 Å². The Kier molecular flexibility index (Phi) is 3.99. The summed E-state index contributed by atoms with van der Waals surface area (Å²) in [6, 6.07) is 0. The second kappa shape index (κ2) is 5.48. The van der Waals surface area contributed by atoms with Gasteiger partial charge in [0.25, 0.3) is 0 Å². The molecule has 1 fully saturated rings. The second-order valence-corrected chi connectivity index (χ2v) is 5.10. The quantitative estimate of drug-likeness (QED) is 0.827. The molecule has 0 aromatic carbocycles. The first-order valence-corrected chi connectivity index (χ1v) is 6.47. The summed E-state index contributed by atoms with van der Waals surface area (Å²) in [6.45, 7) is 0.852. The van der Waals surface area contributed by atoms with Crippen molar-refractivity contribution in [2.75, 3.05) is 6.54 Å². The van der Waals surface area contributed by atoms with Crippen molar-refractivity contribution in [3.05, 3.63) is 18.0 Å². The van der Waals surface area contributed by atoms with Gasteiger partial charge in [-0.1, -0.05) is 25.7 Å². The van der Waals surface area contributed by atoms with Crippen LogP contribution < -0.4 is 5.73 Å². The molecular weight excluding hydrogens is 198 g/mol. The molecule has 0 saturated heterocycles. The smallest absolute Gasteiger partial charge is 0.0521 e. The molecule has 1 aromatic heterocycles. The van der Waals surface area contributed by atoms with E-state index < -0.39 is 0 Å². The van der Waals surface area contributed by atoms with Crippen LogP contribution in [0.2, 0.25) is 0 Å². The van der Waals surface area contributed by atoms with E-state index in [2.05, 4.69) is 11.3 Å². The first-order valence-electron chi connectivity index (χ1n) is 6.47. The zero-order chi connectivity index (χ0) is 11.4. The molecule has 1 aromatic rings. The van der Waals surface area contributed by atoms with Crippen LogP contribution in [0.3, 0.4) is 0 Å². The fraction of sp³-hybridized carbons (Fsp3) is 0.769. The number of hydrogen-bond donors (Lipinski definition) is 1. The molecule has 0 radical (unpaired) electrons. The van der Waals surface area contributed by atoms with Crippen molar-refractivity contribution in [3.8, 4) is 0 Å². The number of nitrogens with zero attached hydrogens (tertiary/aromatic N) is 2. The van der Waals surface area contributed by atoms with Gasteiger partial charge in [0.15, 0.2) is 0 Å². The Morgan fingerprint density at radius 3 is 2.81 bits per heavy atom. The average molecular weight is 221 g/mol. The maximum Gasteiger partial charge on any atom is 0.0521 e. The van der Waals surface area contributed by atoms with Gasteiger partial charge >= 0.3 is 0 Å². The maximum absolute atomic E-state index is 5.90. The molecule has 0 amide bonds. The van der Waals surface area contributed by atoms with Crippen molar-refractivity contribution in [3.63, 3.8) is 0 Å². The Labute approximate surface area is 98.0 Å². The fourth-order valence-electron chi connectivity index (χ4n) is 2.93. The van der Waals surface area contributed by atoms with E-state index in [0.717, 1.165) is 24.8 Å². The van der Waals surface area contributed by atoms with Gasteiger partial charge in [-0.05, 0) is 36.8 Å². The first kappa shape index (κ1) is 11.6. The summed E-state index contributed by atoms with van der Waals surface area (Å²) in [5.74, 6) is 1.62. The minimum Gasteiger partial charge on any atom is -0.330 e. The predicted octanol–water partition coefficient (Wildman–Crippen LogP) is 2.12. The van der Waals surface area contributed by atoms with Crippen LogP contribution in [0.15, 0.2) is 12.4 Å². The van der Waals surface area contributed by atoms with Crippen LogP contribution in [-0.2, 0) is 13.5 Å². The fourth-order valence-corrected chi connectivity index (χ4v) is 2.93. The zero-order valence-electron chi connectivity index (χ0n) is 10.2. The molecule has 0 aliphatic heterocycles. The minimum absolute atomic E-state index is 0.725. The van der Waals surface area contributed by atoms with E-state index in [1.54, 1.807) is 0 Å². The summed E-state index contributed by atoms with van der Waals surface area (Å²) in [7, 11) is 1.97. The number of rotatable bonds is 5. The lowest BCUT2D eigenvalue weighted by atomic mass is 9.86. The number of aryl methyl sites for hydroxylation is 2. The molecule has 2 N–H and O–H groups in total. The summed E-state index contributed by atoms with van der Waals surface area (Å²) < 4.78 is 1.88. The van der Waals surface area contributed by atoms with Gasteiger partial charge in [-0.15, -0.1) is 0 Å². The summed E-state index contributed by atoms with van der Waals surface area (Å²) in [5, 5.41) is 4.20. The van der Waals surface area contributed by atoms with Crippen LogP contribution in [0.1, 0.15) is 37.7 Å². The van der Waals surface area contributed by atoms with Crippen LogP contribution in [0, 0.1) is 11.8 Å². The van der Waals surface area contributed by atoms with Crippen LogP contribution in [-0.4, -0.2) is 16.3 Å². The normalized spacial score (nSPS) is 19.1. The first-order chi connectivity index (χ1) is 7.79. The highest BCUT2D eigenvalue weighted by Crippen LogP contribution is 2.33. The molecule has 1 atom stereocenters. The van der Waals surface area contributed by atoms with Crippen molar-refractivity contribution >= 4 is 0 Å². The van der Waals surface area contributed by atoms with Crippen molar-refractivity contribution in [1.29, 1.82) is 0 Å². The molecule has 3 heteroatoms. The van der Waals surface area contributed by atoms with E-state index in [4.69, 9.17) is 5.73 Å². The lowest BCUT2D eigenvalue weighted by molar-refractivity contribution is 0.327. The minimum atomic E-state index is 0.725. The van der Waals surface area contributed by atoms with Crippen molar-refractivity contribution in [2.24, 2.45) is 24.6 Å². The van der Waals surface area contributed by atoms with Gasteiger partial charge in [0.2, 0.25) is 0 Å². The number of nitrogens with two attached hydrogens (primary N) is 1. The Morgan fingerprint density at radius 2 is 2.25 bits per heavy atom. The molecule has 0 spiro atoms. The molecule has 3 nitrogen and oxygen atoms in total. The third kappa shape index (κ3) is 2.85. The van der Waals surface area contributed by atoms with Gasteiger partial charge < -0.3 is 5.73 Å². The van der Waals surface area contributed by atoms with Gasteiger partial charge in [-0.3, -0.25) is 4.68 Å². The molecule has 0 bridgehead atoms. The average Bonchev–Trinajstić information content (AvgIpc) is 2.91. The van der Waals surface area contributed by atoms with Crippen LogP contribution in [0.5, 0.6) is 0 Å². The molecule has 1 heterocycles. The van der Waals surface area contributed by atoms with E-state index >= 15 is 0 Å². The lowest BCUT2D eigenvalue weighted by Crippen LogP contribution is -2.22. The van der Waals surface area contributed by atoms with E-state index in [1.807, 2.05) is 17.9 Å². The number of hydrogen-bond acceptors (Lipinski definition) is 2. The summed E-state index contributed by atoms with van der Waals surface area (Å²) in [6.07, 6.45) is 12.1. The highest BCUT2D eigenvalue weighted by atomic mass is 15.2. The largest absolute Gasteiger partial charge is 0.330 e. The van der Waals surface area contributed by atoms with E-state index in [9.17, 15) is 0 Å². The van der Waals surface area contributed by atoms with Gasteiger partial charge in [0.05, 0.1) is 6.20 Å². The van der Waals surface area contributed by atoms with Gasteiger partial charge in [-0.25, -0.2) is 0 Å². The number of aromatic nitrogens is 2. The molecule has 1 aliphatic rings. The zero-order valence-corrected chi connectivity index (χ0v) is 10.2.